The summed E-state index contributed by atoms with van der Waals surface area (Å²) in [6.45, 7) is 0. The van der Waals surface area contributed by atoms with Crippen LogP contribution in [0.5, 0.6) is 0 Å². The van der Waals surface area contributed by atoms with Crippen molar-refractivity contribution < 1.29 is 18.0 Å². The van der Waals surface area contributed by atoms with Gasteiger partial charge in [-0.05, 0) is 36.6 Å². The van der Waals surface area contributed by atoms with E-state index < -0.39 is 22.7 Å². The Morgan fingerprint density at radius 1 is 1.18 bits per heavy atom. The van der Waals surface area contributed by atoms with Gasteiger partial charge in [-0.1, -0.05) is 23.7 Å². The largest absolute Gasteiger partial charge is 0.417 e. The highest BCUT2D eigenvalue weighted by Gasteiger charge is 2.33. The summed E-state index contributed by atoms with van der Waals surface area (Å²) in [4.78, 5) is 12.9. The van der Waals surface area contributed by atoms with Gasteiger partial charge in [0.05, 0.1) is 16.1 Å². The van der Waals surface area contributed by atoms with Crippen LogP contribution in [0.3, 0.4) is 0 Å². The van der Waals surface area contributed by atoms with E-state index >= 15 is 0 Å². The first kappa shape index (κ1) is 16.7. The minimum absolute atomic E-state index is 0.0395. The number of anilines is 1. The maximum atomic E-state index is 12.8. The van der Waals surface area contributed by atoms with Crippen LogP contribution in [0.4, 0.5) is 18.9 Å². The minimum atomic E-state index is -4.57. The maximum absolute atomic E-state index is 12.8. The third-order valence-corrected chi connectivity index (χ3v) is 4.01. The Labute approximate surface area is 134 Å². The summed E-state index contributed by atoms with van der Waals surface area (Å²) in [5, 5.41) is 2.05. The fourth-order valence-electron chi connectivity index (χ4n) is 1.85. The summed E-state index contributed by atoms with van der Waals surface area (Å²) >= 11 is 6.93. The van der Waals surface area contributed by atoms with Gasteiger partial charge in [-0.25, -0.2) is 0 Å². The number of amides is 1. The van der Waals surface area contributed by atoms with Gasteiger partial charge >= 0.3 is 6.18 Å². The summed E-state index contributed by atoms with van der Waals surface area (Å²) < 4.78 is 38.4. The Hall–Kier alpha value is -1.66. The third kappa shape index (κ3) is 3.75. The number of nitrogens with one attached hydrogen (secondary N) is 1. The highest BCUT2D eigenvalue weighted by Crippen LogP contribution is 2.36. The monoisotopic (exact) mass is 345 g/mol. The molecule has 0 aliphatic heterocycles. The second-order valence-corrected chi connectivity index (χ2v) is 5.60. The van der Waals surface area contributed by atoms with E-state index in [-0.39, 0.29) is 5.69 Å². The Kier molecular flexibility index (Phi) is 5.03. The molecule has 0 spiro atoms. The van der Waals surface area contributed by atoms with Crippen molar-refractivity contribution in [3.05, 3.63) is 58.6 Å². The summed E-state index contributed by atoms with van der Waals surface area (Å²) in [6.07, 6.45) is -2.76. The van der Waals surface area contributed by atoms with Crippen LogP contribution in [0.15, 0.2) is 47.4 Å². The number of hydrogen-bond acceptors (Lipinski definition) is 2. The van der Waals surface area contributed by atoms with Gasteiger partial charge in [0.2, 0.25) is 0 Å². The quantitative estimate of drug-likeness (QED) is 0.761. The normalized spacial score (nSPS) is 11.3. The van der Waals surface area contributed by atoms with E-state index in [1.54, 1.807) is 24.3 Å². The van der Waals surface area contributed by atoms with Gasteiger partial charge in [-0.15, -0.1) is 11.8 Å². The third-order valence-electron chi connectivity index (χ3n) is 2.88. The van der Waals surface area contributed by atoms with E-state index in [4.69, 9.17) is 11.6 Å². The molecule has 7 heteroatoms. The predicted octanol–water partition coefficient (Wildman–Crippen LogP) is 5.33. The molecule has 0 saturated carbocycles. The predicted molar refractivity (Wildman–Crippen MR) is 82.6 cm³/mol. The topological polar surface area (TPSA) is 29.1 Å². The van der Waals surface area contributed by atoms with Crippen LogP contribution in [0, 0.1) is 0 Å². The molecular formula is C15H11ClF3NOS. The molecule has 2 rings (SSSR count). The smallest absolute Gasteiger partial charge is 0.322 e. The molecular weight excluding hydrogens is 335 g/mol. The van der Waals surface area contributed by atoms with Crippen molar-refractivity contribution in [2.24, 2.45) is 0 Å². The van der Waals surface area contributed by atoms with Crippen molar-refractivity contribution >= 4 is 35.0 Å². The molecule has 0 saturated heterocycles. The molecule has 0 unspecified atom stereocenters. The van der Waals surface area contributed by atoms with E-state index in [9.17, 15) is 18.0 Å². The zero-order valence-corrected chi connectivity index (χ0v) is 12.9. The lowest BCUT2D eigenvalue weighted by molar-refractivity contribution is -0.137. The first-order chi connectivity index (χ1) is 10.3. The van der Waals surface area contributed by atoms with Gasteiger partial charge in [0.1, 0.15) is 0 Å². The molecule has 1 N–H and O–H groups in total. The Morgan fingerprint density at radius 3 is 2.50 bits per heavy atom. The van der Waals surface area contributed by atoms with Gasteiger partial charge in [-0.3, -0.25) is 4.79 Å². The zero-order chi connectivity index (χ0) is 16.3. The van der Waals surface area contributed by atoms with E-state index in [1.807, 2.05) is 6.26 Å². The van der Waals surface area contributed by atoms with E-state index in [1.165, 1.54) is 17.8 Å². The van der Waals surface area contributed by atoms with Gasteiger partial charge in [0.25, 0.3) is 5.91 Å². The number of hydrogen-bond donors (Lipinski definition) is 1. The number of halogens is 4. The molecule has 0 bridgehead atoms. The van der Waals surface area contributed by atoms with Crippen molar-refractivity contribution in [2.45, 2.75) is 11.1 Å². The fourth-order valence-corrected chi connectivity index (χ4v) is 2.67. The molecule has 1 amide bonds. The van der Waals surface area contributed by atoms with E-state index in [0.717, 1.165) is 17.0 Å². The first-order valence-electron chi connectivity index (χ1n) is 6.14. The second kappa shape index (κ2) is 6.62. The lowest BCUT2D eigenvalue weighted by Gasteiger charge is -2.12. The highest BCUT2D eigenvalue weighted by molar-refractivity contribution is 7.98. The molecule has 0 aliphatic carbocycles. The Balaban J connectivity index is 2.29. The lowest BCUT2D eigenvalue weighted by Crippen LogP contribution is -2.14. The van der Waals surface area contributed by atoms with Gasteiger partial charge in [-0.2, -0.15) is 13.2 Å². The van der Waals surface area contributed by atoms with Crippen LogP contribution < -0.4 is 5.32 Å². The standard InChI is InChI=1S/C15H11ClF3NOS/c1-22-13-5-3-2-4-10(13)14(21)20-9-6-7-12(16)11(8-9)15(17,18)19/h2-8H,1H3,(H,20,21). The number of carbonyl (C=O) groups is 1. The van der Waals surface area contributed by atoms with Gasteiger partial charge < -0.3 is 5.32 Å². The molecule has 0 aliphatic rings. The number of benzene rings is 2. The zero-order valence-electron chi connectivity index (χ0n) is 11.4. The molecule has 0 heterocycles. The molecule has 0 atom stereocenters. The van der Waals surface area contributed by atoms with E-state index in [0.29, 0.717) is 5.56 Å². The van der Waals surface area contributed by atoms with Gasteiger partial charge in [0, 0.05) is 10.6 Å². The SMILES string of the molecule is CSc1ccccc1C(=O)Nc1ccc(Cl)c(C(F)(F)F)c1. The summed E-state index contributed by atoms with van der Waals surface area (Å²) in [5.41, 5.74) is -0.541. The van der Waals surface area contributed by atoms with Crippen molar-refractivity contribution in [2.75, 3.05) is 11.6 Å². The van der Waals surface area contributed by atoms with E-state index in [2.05, 4.69) is 5.32 Å². The van der Waals surface area contributed by atoms with Crippen LogP contribution in [0.1, 0.15) is 15.9 Å². The fraction of sp³-hybridized carbons (Fsp3) is 0.133. The molecule has 0 fully saturated rings. The second-order valence-electron chi connectivity index (χ2n) is 4.35. The number of alkyl halides is 3. The Morgan fingerprint density at radius 2 is 1.86 bits per heavy atom. The number of thioether (sulfide) groups is 1. The average molecular weight is 346 g/mol. The molecule has 0 aromatic heterocycles. The molecule has 2 aromatic rings. The molecule has 2 aromatic carbocycles. The summed E-state index contributed by atoms with van der Waals surface area (Å²) in [7, 11) is 0. The average Bonchev–Trinajstić information content (AvgIpc) is 2.48. The van der Waals surface area contributed by atoms with Crippen molar-refractivity contribution in [3.8, 4) is 0 Å². The summed E-state index contributed by atoms with van der Waals surface area (Å²) in [5.74, 6) is -0.472. The first-order valence-corrected chi connectivity index (χ1v) is 7.74. The maximum Gasteiger partial charge on any atom is 0.417 e. The lowest BCUT2D eigenvalue weighted by atomic mass is 10.1. The number of rotatable bonds is 3. The summed E-state index contributed by atoms with van der Waals surface area (Å²) in [6, 6.07) is 10.1. The molecule has 2 nitrogen and oxygen atoms in total. The Bertz CT molecular complexity index is 703. The molecule has 0 radical (unpaired) electrons. The van der Waals surface area contributed by atoms with Crippen molar-refractivity contribution in [1.82, 2.24) is 0 Å². The highest BCUT2D eigenvalue weighted by atomic mass is 35.5. The molecule has 116 valence electrons. The van der Waals surface area contributed by atoms with Crippen molar-refractivity contribution in [1.29, 1.82) is 0 Å². The van der Waals surface area contributed by atoms with Crippen LogP contribution >= 0.6 is 23.4 Å². The minimum Gasteiger partial charge on any atom is -0.322 e. The van der Waals surface area contributed by atoms with Crippen LogP contribution in [0.25, 0.3) is 0 Å². The van der Waals surface area contributed by atoms with Crippen LogP contribution in [-0.2, 0) is 6.18 Å². The van der Waals surface area contributed by atoms with Crippen LogP contribution in [-0.4, -0.2) is 12.2 Å². The van der Waals surface area contributed by atoms with Crippen LogP contribution in [0.2, 0.25) is 5.02 Å². The van der Waals surface area contributed by atoms with Gasteiger partial charge in [0.15, 0.2) is 0 Å². The number of carbonyl (C=O) groups excluding carboxylic acids is 1. The molecule has 22 heavy (non-hydrogen) atoms. The van der Waals surface area contributed by atoms with Crippen molar-refractivity contribution in [3.63, 3.8) is 0 Å².